The number of aryl methyl sites for hydroxylation is 1. The summed E-state index contributed by atoms with van der Waals surface area (Å²) in [6.45, 7) is 0.381. The second kappa shape index (κ2) is 8.18. The van der Waals surface area contributed by atoms with Gasteiger partial charge in [0, 0.05) is 23.0 Å². The van der Waals surface area contributed by atoms with Crippen LogP contribution in [0.5, 0.6) is 0 Å². The van der Waals surface area contributed by atoms with Crippen molar-refractivity contribution in [1.82, 2.24) is 4.57 Å². The second-order valence-corrected chi connectivity index (χ2v) is 6.77. The third-order valence-electron chi connectivity index (χ3n) is 2.05. The first-order valence-electron chi connectivity index (χ1n) is 4.78. The second-order valence-electron chi connectivity index (χ2n) is 3.47. The van der Waals surface area contributed by atoms with Gasteiger partial charge in [-0.2, -0.15) is 0 Å². The van der Waals surface area contributed by atoms with Crippen molar-refractivity contribution >= 4 is 42.0 Å². The number of nitrogens with zero attached hydrogens (tertiary/aromatic N) is 1. The van der Waals surface area contributed by atoms with Crippen LogP contribution in [0.1, 0.15) is 12.8 Å². The van der Waals surface area contributed by atoms with E-state index in [1.54, 1.807) is 12.3 Å². The molecule has 0 aliphatic rings. The van der Waals surface area contributed by atoms with Crippen molar-refractivity contribution in [2.45, 2.75) is 19.4 Å². The maximum Gasteiger partial charge on any atom is 1.00 e. The summed E-state index contributed by atoms with van der Waals surface area (Å²) in [7, 11) is -4.16. The summed E-state index contributed by atoms with van der Waals surface area (Å²) in [5.41, 5.74) is -0.182. The molecule has 0 N–H and O–H groups in total. The Balaban J connectivity index is 0.00000289. The predicted octanol–water partition coefficient (Wildman–Crippen LogP) is -1.30. The summed E-state index contributed by atoms with van der Waals surface area (Å²) in [5.74, 6) is -0.392. The molecular formula is C9H10Br2NNaO4S. The molecule has 0 unspecified atom stereocenters. The van der Waals surface area contributed by atoms with Gasteiger partial charge < -0.3 is 9.12 Å². The molecule has 0 aromatic carbocycles. The molecule has 9 heteroatoms. The third-order valence-corrected chi connectivity index (χ3v) is 3.84. The fraction of sp³-hybridized carbons (Fsp3) is 0.444. The van der Waals surface area contributed by atoms with E-state index in [0.717, 1.165) is 4.47 Å². The van der Waals surface area contributed by atoms with E-state index in [1.165, 1.54) is 4.57 Å². The molecule has 0 aliphatic heterocycles. The van der Waals surface area contributed by atoms with E-state index in [9.17, 15) is 17.8 Å². The van der Waals surface area contributed by atoms with E-state index in [1.807, 2.05) is 0 Å². The van der Waals surface area contributed by atoms with Gasteiger partial charge in [0.15, 0.2) is 0 Å². The molecule has 0 radical (unpaired) electrons. The molecule has 96 valence electrons. The Morgan fingerprint density at radius 3 is 2.44 bits per heavy atom. The Bertz CT molecular complexity index is 558. The van der Waals surface area contributed by atoms with Gasteiger partial charge >= 0.3 is 29.6 Å². The fourth-order valence-corrected chi connectivity index (χ4v) is 3.11. The van der Waals surface area contributed by atoms with Crippen LogP contribution in [0.25, 0.3) is 0 Å². The Kier molecular flexibility index (Phi) is 8.56. The van der Waals surface area contributed by atoms with Crippen molar-refractivity contribution in [2.24, 2.45) is 0 Å². The summed E-state index contributed by atoms with van der Waals surface area (Å²) >= 11 is 6.38. The SMILES string of the molecule is O=c1c(Br)cc(Br)cn1CCCCS(=O)(=O)[O-].[Na+]. The molecule has 0 saturated carbocycles. The molecule has 0 saturated heterocycles. The van der Waals surface area contributed by atoms with Crippen LogP contribution in [0.2, 0.25) is 0 Å². The number of hydrogen-bond donors (Lipinski definition) is 0. The number of rotatable bonds is 5. The summed E-state index contributed by atoms with van der Waals surface area (Å²) < 4.78 is 33.8. The molecule has 0 fully saturated rings. The molecule has 1 rings (SSSR count). The number of pyridine rings is 1. The predicted molar refractivity (Wildman–Crippen MR) is 69.9 cm³/mol. The molecule has 1 aromatic rings. The van der Waals surface area contributed by atoms with Gasteiger partial charge in [0.25, 0.3) is 5.56 Å². The summed E-state index contributed by atoms with van der Waals surface area (Å²) in [6, 6.07) is 1.64. The molecule has 0 spiro atoms. The first-order chi connectivity index (χ1) is 7.79. The number of aromatic nitrogens is 1. The van der Waals surface area contributed by atoms with Crippen molar-refractivity contribution in [1.29, 1.82) is 0 Å². The maximum atomic E-state index is 11.6. The molecule has 0 atom stereocenters. The van der Waals surface area contributed by atoms with Crippen molar-refractivity contribution in [3.63, 3.8) is 0 Å². The minimum atomic E-state index is -4.16. The van der Waals surface area contributed by atoms with E-state index < -0.39 is 15.9 Å². The van der Waals surface area contributed by atoms with Gasteiger partial charge in [0.1, 0.15) is 0 Å². The normalized spacial score (nSPS) is 11.1. The van der Waals surface area contributed by atoms with Crippen LogP contribution >= 0.6 is 31.9 Å². The van der Waals surface area contributed by atoms with Crippen LogP contribution < -0.4 is 35.1 Å². The fourth-order valence-electron chi connectivity index (χ4n) is 1.29. The van der Waals surface area contributed by atoms with Crippen LogP contribution in [-0.4, -0.2) is 23.3 Å². The first kappa shape index (κ1) is 18.8. The largest absolute Gasteiger partial charge is 1.00 e. The zero-order valence-electron chi connectivity index (χ0n) is 9.73. The van der Waals surface area contributed by atoms with Crippen molar-refractivity contribution in [3.05, 3.63) is 31.6 Å². The van der Waals surface area contributed by atoms with E-state index >= 15 is 0 Å². The van der Waals surface area contributed by atoms with Crippen molar-refractivity contribution in [3.8, 4) is 0 Å². The van der Waals surface area contributed by atoms with E-state index in [0.29, 0.717) is 17.4 Å². The van der Waals surface area contributed by atoms with Gasteiger partial charge in [-0.25, -0.2) is 8.42 Å². The van der Waals surface area contributed by atoms with Crippen molar-refractivity contribution < 1.29 is 42.5 Å². The van der Waals surface area contributed by atoms with Crippen LogP contribution in [0.15, 0.2) is 26.0 Å². The van der Waals surface area contributed by atoms with E-state index in [2.05, 4.69) is 31.9 Å². The van der Waals surface area contributed by atoms with Crippen LogP contribution in [-0.2, 0) is 16.7 Å². The third kappa shape index (κ3) is 6.83. The Morgan fingerprint density at radius 2 is 1.89 bits per heavy atom. The summed E-state index contributed by atoms with van der Waals surface area (Å²) in [4.78, 5) is 11.6. The molecule has 18 heavy (non-hydrogen) atoms. The van der Waals surface area contributed by atoms with Gasteiger partial charge in [-0.1, -0.05) is 0 Å². The quantitative estimate of drug-likeness (QED) is 0.343. The van der Waals surface area contributed by atoms with Crippen LogP contribution in [0.4, 0.5) is 0 Å². The maximum absolute atomic E-state index is 11.6. The molecule has 1 heterocycles. The van der Waals surface area contributed by atoms with Crippen LogP contribution in [0.3, 0.4) is 0 Å². The first-order valence-corrected chi connectivity index (χ1v) is 7.95. The zero-order valence-corrected chi connectivity index (χ0v) is 15.7. The zero-order chi connectivity index (χ0) is 13.1. The molecule has 0 amide bonds. The van der Waals surface area contributed by atoms with Gasteiger partial charge in [0.2, 0.25) is 0 Å². The monoisotopic (exact) mass is 409 g/mol. The molecule has 0 bridgehead atoms. The molecular weight excluding hydrogens is 401 g/mol. The van der Waals surface area contributed by atoms with E-state index in [-0.39, 0.29) is 41.5 Å². The summed E-state index contributed by atoms with van der Waals surface area (Å²) in [6.07, 6.45) is 2.34. The minimum absolute atomic E-state index is 0. The Labute approximate surface area is 144 Å². The van der Waals surface area contributed by atoms with Gasteiger partial charge in [-0.15, -0.1) is 0 Å². The van der Waals surface area contributed by atoms with Gasteiger partial charge in [-0.05, 0) is 50.8 Å². The number of unbranched alkanes of at least 4 members (excludes halogenated alkanes) is 1. The average Bonchev–Trinajstić information content (AvgIpc) is 2.18. The molecule has 1 aromatic heterocycles. The van der Waals surface area contributed by atoms with Gasteiger partial charge in [0.05, 0.1) is 14.6 Å². The number of hydrogen-bond acceptors (Lipinski definition) is 4. The molecule has 0 aliphatic carbocycles. The van der Waals surface area contributed by atoms with Gasteiger partial charge in [-0.3, -0.25) is 4.79 Å². The smallest absolute Gasteiger partial charge is 0.748 e. The average molecular weight is 411 g/mol. The minimum Gasteiger partial charge on any atom is -0.748 e. The van der Waals surface area contributed by atoms with E-state index in [4.69, 9.17) is 0 Å². The number of halogens is 2. The standard InChI is InChI=1S/C9H11Br2NO4S.Na/c10-7-5-8(11)9(13)12(6-7)3-1-2-4-17(14,15)16;/h5-6H,1-4H2,(H,14,15,16);/q;+1/p-1. The van der Waals surface area contributed by atoms with Crippen molar-refractivity contribution in [2.75, 3.05) is 5.75 Å². The van der Waals surface area contributed by atoms with Crippen LogP contribution in [0, 0.1) is 0 Å². The summed E-state index contributed by atoms with van der Waals surface area (Å²) in [5, 5.41) is 0. The molecule has 5 nitrogen and oxygen atoms in total. The Hall–Kier alpha value is 0.820. The Morgan fingerprint density at radius 1 is 1.28 bits per heavy atom. The topological polar surface area (TPSA) is 79.2 Å².